The summed E-state index contributed by atoms with van der Waals surface area (Å²) in [5, 5.41) is 8.53. The van der Waals surface area contributed by atoms with Crippen LogP contribution in [0.1, 0.15) is 17.5 Å². The van der Waals surface area contributed by atoms with Crippen molar-refractivity contribution >= 4 is 23.7 Å². The Morgan fingerprint density at radius 1 is 1.44 bits per heavy atom. The van der Waals surface area contributed by atoms with E-state index in [1.165, 1.54) is 13.2 Å². The molecule has 0 heterocycles. The molecular formula is C13H15NO4. The molecule has 5 heteroatoms. The molecule has 0 bridgehead atoms. The fourth-order valence-electron chi connectivity index (χ4n) is 1.45. The summed E-state index contributed by atoms with van der Waals surface area (Å²) >= 11 is 0. The highest BCUT2D eigenvalue weighted by Crippen LogP contribution is 2.17. The fourth-order valence-corrected chi connectivity index (χ4v) is 1.45. The van der Waals surface area contributed by atoms with Gasteiger partial charge < -0.3 is 15.6 Å². The van der Waals surface area contributed by atoms with Crippen LogP contribution in [0.2, 0.25) is 0 Å². The number of ether oxygens (including phenoxy) is 1. The fraction of sp³-hybridized carbons (Fsp3) is 0.231. The van der Waals surface area contributed by atoms with E-state index < -0.39 is 5.97 Å². The number of carboxylic acid groups (broad SMARTS) is 1. The third-order valence-electron chi connectivity index (χ3n) is 2.41. The summed E-state index contributed by atoms with van der Waals surface area (Å²) < 4.78 is 4.55. The Bertz CT molecular complexity index is 480. The number of aliphatic carboxylic acids is 1. The number of carboxylic acids is 1. The number of hydrogen-bond acceptors (Lipinski definition) is 4. The van der Waals surface area contributed by atoms with E-state index in [0.717, 1.165) is 17.2 Å². The first-order valence-electron chi connectivity index (χ1n) is 5.39. The molecule has 1 aromatic carbocycles. The smallest absolute Gasteiger partial charge is 0.328 e. The number of nitrogens with two attached hydrogens (primary N) is 1. The molecule has 0 saturated heterocycles. The van der Waals surface area contributed by atoms with Crippen molar-refractivity contribution in [3.63, 3.8) is 0 Å². The third-order valence-corrected chi connectivity index (χ3v) is 2.41. The van der Waals surface area contributed by atoms with Crippen LogP contribution in [-0.2, 0) is 20.7 Å². The highest BCUT2D eigenvalue weighted by molar-refractivity contribution is 5.85. The highest BCUT2D eigenvalue weighted by atomic mass is 16.5. The van der Waals surface area contributed by atoms with Crippen LogP contribution < -0.4 is 5.73 Å². The predicted molar refractivity (Wildman–Crippen MR) is 67.9 cm³/mol. The van der Waals surface area contributed by atoms with E-state index in [0.29, 0.717) is 12.1 Å². The van der Waals surface area contributed by atoms with Gasteiger partial charge in [-0.25, -0.2) is 4.79 Å². The molecule has 0 saturated carbocycles. The van der Waals surface area contributed by atoms with E-state index in [2.05, 4.69) is 4.74 Å². The topological polar surface area (TPSA) is 89.6 Å². The van der Waals surface area contributed by atoms with Crippen LogP contribution in [0.3, 0.4) is 0 Å². The zero-order chi connectivity index (χ0) is 13.5. The predicted octanol–water partition coefficient (Wildman–Crippen LogP) is 1.47. The second-order valence-electron chi connectivity index (χ2n) is 3.71. The van der Waals surface area contributed by atoms with Crippen molar-refractivity contribution in [3.8, 4) is 0 Å². The average Bonchev–Trinajstić information content (AvgIpc) is 2.35. The van der Waals surface area contributed by atoms with Gasteiger partial charge in [-0.05, 0) is 35.8 Å². The van der Waals surface area contributed by atoms with E-state index in [4.69, 9.17) is 10.8 Å². The van der Waals surface area contributed by atoms with Gasteiger partial charge in [0, 0.05) is 18.2 Å². The lowest BCUT2D eigenvalue weighted by molar-refractivity contribution is -0.140. The normalized spacial score (nSPS) is 10.5. The lowest BCUT2D eigenvalue weighted by atomic mass is 10.0. The van der Waals surface area contributed by atoms with Gasteiger partial charge >= 0.3 is 11.9 Å². The van der Waals surface area contributed by atoms with Crippen LogP contribution in [0.25, 0.3) is 6.08 Å². The standard InChI is InChI=1S/C13H15NO4/c1-18-13(17)7-4-10-8-9(2-5-11(10)14)3-6-12(15)16/h2-3,5-6,8H,4,7,14H2,1H3,(H,15,16)/b6-3+. The first-order valence-corrected chi connectivity index (χ1v) is 5.39. The van der Waals surface area contributed by atoms with Crippen molar-refractivity contribution in [1.29, 1.82) is 0 Å². The van der Waals surface area contributed by atoms with Crippen molar-refractivity contribution in [2.45, 2.75) is 12.8 Å². The molecule has 0 radical (unpaired) electrons. The third kappa shape index (κ3) is 4.29. The Kier molecular flexibility index (Phi) is 4.92. The van der Waals surface area contributed by atoms with Crippen LogP contribution in [0.15, 0.2) is 24.3 Å². The van der Waals surface area contributed by atoms with Crippen molar-refractivity contribution in [2.75, 3.05) is 12.8 Å². The van der Waals surface area contributed by atoms with Gasteiger partial charge in [-0.15, -0.1) is 0 Å². The summed E-state index contributed by atoms with van der Waals surface area (Å²) in [5.41, 5.74) is 7.88. The van der Waals surface area contributed by atoms with Crippen LogP contribution in [0, 0.1) is 0 Å². The van der Waals surface area contributed by atoms with Crippen LogP contribution >= 0.6 is 0 Å². The van der Waals surface area contributed by atoms with Gasteiger partial charge in [0.1, 0.15) is 0 Å². The van der Waals surface area contributed by atoms with E-state index in [-0.39, 0.29) is 12.4 Å². The van der Waals surface area contributed by atoms with Crippen molar-refractivity contribution in [1.82, 2.24) is 0 Å². The maximum atomic E-state index is 11.0. The summed E-state index contributed by atoms with van der Waals surface area (Å²) in [6.45, 7) is 0. The maximum Gasteiger partial charge on any atom is 0.328 e. The molecule has 3 N–H and O–H groups in total. The molecule has 1 rings (SSSR count). The molecule has 1 aromatic rings. The summed E-state index contributed by atoms with van der Waals surface area (Å²) in [7, 11) is 1.33. The number of hydrogen-bond donors (Lipinski definition) is 2. The minimum atomic E-state index is -1.01. The van der Waals surface area contributed by atoms with Crippen LogP contribution in [0.4, 0.5) is 5.69 Å². The molecule has 0 aliphatic rings. The summed E-state index contributed by atoms with van der Waals surface area (Å²) in [6.07, 6.45) is 3.24. The number of methoxy groups -OCH3 is 1. The first kappa shape index (κ1) is 13.8. The van der Waals surface area contributed by atoms with Gasteiger partial charge in [0.15, 0.2) is 0 Å². The van der Waals surface area contributed by atoms with Gasteiger partial charge in [-0.2, -0.15) is 0 Å². The molecule has 0 atom stereocenters. The Morgan fingerprint density at radius 3 is 2.78 bits per heavy atom. The molecule has 0 fully saturated rings. The largest absolute Gasteiger partial charge is 0.478 e. The van der Waals surface area contributed by atoms with Gasteiger partial charge in [0.25, 0.3) is 0 Å². The number of nitrogen functional groups attached to an aromatic ring is 1. The summed E-state index contributed by atoms with van der Waals surface area (Å²) in [4.78, 5) is 21.4. The van der Waals surface area contributed by atoms with Gasteiger partial charge in [0.2, 0.25) is 0 Å². The van der Waals surface area contributed by atoms with E-state index in [1.54, 1.807) is 18.2 Å². The molecule has 18 heavy (non-hydrogen) atoms. The molecule has 0 unspecified atom stereocenters. The maximum absolute atomic E-state index is 11.0. The molecule has 0 amide bonds. The van der Waals surface area contributed by atoms with Crippen molar-refractivity contribution in [2.24, 2.45) is 0 Å². The Balaban J connectivity index is 2.81. The number of carbonyl (C=O) groups is 2. The van der Waals surface area contributed by atoms with Crippen LogP contribution in [0.5, 0.6) is 0 Å². The molecule has 0 aromatic heterocycles. The lowest BCUT2D eigenvalue weighted by Gasteiger charge is -2.06. The number of anilines is 1. The molecule has 0 aliphatic carbocycles. The second kappa shape index (κ2) is 6.44. The molecule has 0 spiro atoms. The lowest BCUT2D eigenvalue weighted by Crippen LogP contribution is -2.03. The molecule has 0 aliphatic heterocycles. The minimum absolute atomic E-state index is 0.243. The number of rotatable bonds is 5. The highest BCUT2D eigenvalue weighted by Gasteiger charge is 2.05. The Morgan fingerprint density at radius 2 is 2.17 bits per heavy atom. The average molecular weight is 249 g/mol. The van der Waals surface area contributed by atoms with E-state index >= 15 is 0 Å². The van der Waals surface area contributed by atoms with Crippen molar-refractivity contribution in [3.05, 3.63) is 35.4 Å². The second-order valence-corrected chi connectivity index (χ2v) is 3.71. The monoisotopic (exact) mass is 249 g/mol. The van der Waals surface area contributed by atoms with Gasteiger partial charge in [-0.1, -0.05) is 6.07 Å². The number of benzene rings is 1. The molecule has 5 nitrogen and oxygen atoms in total. The first-order chi connectivity index (χ1) is 8.52. The number of esters is 1. The van der Waals surface area contributed by atoms with E-state index in [1.807, 2.05) is 0 Å². The molecular weight excluding hydrogens is 234 g/mol. The Hall–Kier alpha value is -2.30. The zero-order valence-electron chi connectivity index (χ0n) is 10.1. The summed E-state index contributed by atoms with van der Waals surface area (Å²) in [6, 6.07) is 5.17. The SMILES string of the molecule is COC(=O)CCc1cc(/C=C/C(=O)O)ccc1N. The minimum Gasteiger partial charge on any atom is -0.478 e. The molecule has 96 valence electrons. The Labute approximate surface area is 105 Å². The van der Waals surface area contributed by atoms with Crippen LogP contribution in [-0.4, -0.2) is 24.2 Å². The zero-order valence-corrected chi connectivity index (χ0v) is 10.1. The van der Waals surface area contributed by atoms with E-state index in [9.17, 15) is 9.59 Å². The number of carbonyl (C=O) groups excluding carboxylic acids is 1. The van der Waals surface area contributed by atoms with Gasteiger partial charge in [-0.3, -0.25) is 4.79 Å². The van der Waals surface area contributed by atoms with Gasteiger partial charge in [0.05, 0.1) is 7.11 Å². The van der Waals surface area contributed by atoms with Crippen molar-refractivity contribution < 1.29 is 19.4 Å². The summed E-state index contributed by atoms with van der Waals surface area (Å²) in [5.74, 6) is -1.32. The number of aryl methyl sites for hydroxylation is 1. The quantitative estimate of drug-likeness (QED) is 0.468.